The number of rotatable bonds is 2. The van der Waals surface area contributed by atoms with Crippen molar-refractivity contribution in [2.45, 2.75) is 0 Å². The van der Waals surface area contributed by atoms with Gasteiger partial charge in [-0.1, -0.05) is 15.9 Å². The second-order valence-corrected chi connectivity index (χ2v) is 6.42. The van der Waals surface area contributed by atoms with E-state index in [4.69, 9.17) is 4.98 Å². The van der Waals surface area contributed by atoms with Gasteiger partial charge in [-0.05, 0) is 24.3 Å². The molecule has 8 heteroatoms. The van der Waals surface area contributed by atoms with Crippen molar-refractivity contribution in [2.24, 2.45) is 0 Å². The van der Waals surface area contributed by atoms with Crippen molar-refractivity contribution in [1.82, 2.24) is 34.9 Å². The highest BCUT2D eigenvalue weighted by molar-refractivity contribution is 9.10. The molecule has 120 valence electrons. The lowest BCUT2D eigenvalue weighted by Crippen LogP contribution is -1.89. The Kier molecular flexibility index (Phi) is 3.10. The van der Waals surface area contributed by atoms with Crippen LogP contribution in [0.25, 0.3) is 45.1 Å². The van der Waals surface area contributed by atoms with E-state index in [0.29, 0.717) is 0 Å². The Labute approximate surface area is 149 Å². The fraction of sp³-hybridized carbons (Fsp3) is 0. The van der Waals surface area contributed by atoms with Crippen LogP contribution in [0.4, 0.5) is 0 Å². The zero-order valence-corrected chi connectivity index (χ0v) is 14.3. The Morgan fingerprint density at radius 2 is 1.12 bits per heavy atom. The van der Waals surface area contributed by atoms with E-state index < -0.39 is 0 Å². The van der Waals surface area contributed by atoms with Gasteiger partial charge in [-0.2, -0.15) is 0 Å². The molecule has 25 heavy (non-hydrogen) atoms. The van der Waals surface area contributed by atoms with Crippen molar-refractivity contribution in [3.8, 4) is 22.8 Å². The Hall–Kier alpha value is -3.13. The molecule has 0 aliphatic carbocycles. The number of pyridine rings is 1. The van der Waals surface area contributed by atoms with Gasteiger partial charge in [0.05, 0.1) is 22.8 Å². The van der Waals surface area contributed by atoms with Crippen molar-refractivity contribution in [3.05, 3.63) is 53.5 Å². The summed E-state index contributed by atoms with van der Waals surface area (Å²) in [5, 5.41) is 0. The quantitative estimate of drug-likeness (QED) is 0.477. The number of nitrogens with one attached hydrogen (secondary N) is 2. The van der Waals surface area contributed by atoms with E-state index in [2.05, 4.69) is 45.8 Å². The molecular formula is C17H10BrN7. The van der Waals surface area contributed by atoms with E-state index in [1.165, 1.54) is 0 Å². The fourth-order valence-electron chi connectivity index (χ4n) is 2.75. The van der Waals surface area contributed by atoms with Crippen LogP contribution < -0.4 is 0 Å². The monoisotopic (exact) mass is 391 g/mol. The van der Waals surface area contributed by atoms with Crippen LogP contribution in [0.15, 0.2) is 53.5 Å². The highest BCUT2D eigenvalue weighted by Gasteiger charge is 2.12. The summed E-state index contributed by atoms with van der Waals surface area (Å²) in [6, 6.07) is 7.78. The van der Waals surface area contributed by atoms with Crippen molar-refractivity contribution < 1.29 is 0 Å². The minimum absolute atomic E-state index is 0.736. The predicted molar refractivity (Wildman–Crippen MR) is 97.7 cm³/mol. The molecule has 2 N–H and O–H groups in total. The molecule has 5 heterocycles. The van der Waals surface area contributed by atoms with E-state index in [0.717, 1.165) is 49.6 Å². The van der Waals surface area contributed by atoms with E-state index in [9.17, 15) is 0 Å². The third-order valence-electron chi connectivity index (χ3n) is 3.86. The van der Waals surface area contributed by atoms with Crippen LogP contribution >= 0.6 is 15.9 Å². The van der Waals surface area contributed by atoms with Gasteiger partial charge < -0.3 is 9.97 Å². The molecular weight excluding hydrogens is 382 g/mol. The molecule has 0 aliphatic heterocycles. The number of hydrogen-bond acceptors (Lipinski definition) is 5. The van der Waals surface area contributed by atoms with E-state index in [1.807, 2.05) is 24.3 Å². The Morgan fingerprint density at radius 3 is 1.60 bits per heavy atom. The first-order chi connectivity index (χ1) is 12.3. The maximum absolute atomic E-state index is 4.76. The number of aromatic amines is 2. The molecule has 5 aromatic heterocycles. The molecule has 0 atom stereocenters. The largest absolute Gasteiger partial charge is 0.337 e. The second-order valence-electron chi connectivity index (χ2n) is 5.50. The molecule has 0 saturated carbocycles. The average molecular weight is 392 g/mol. The molecule has 0 unspecified atom stereocenters. The summed E-state index contributed by atoms with van der Waals surface area (Å²) in [6.07, 6.45) is 6.66. The number of hydrogen-bond donors (Lipinski definition) is 2. The van der Waals surface area contributed by atoms with Gasteiger partial charge in [0, 0.05) is 29.3 Å². The van der Waals surface area contributed by atoms with E-state index in [1.54, 1.807) is 24.8 Å². The minimum Gasteiger partial charge on any atom is -0.337 e. The number of H-pyrrole nitrogens is 2. The van der Waals surface area contributed by atoms with Crippen molar-refractivity contribution in [2.75, 3.05) is 0 Å². The molecule has 7 nitrogen and oxygen atoms in total. The Balaban J connectivity index is 1.66. The van der Waals surface area contributed by atoms with Crippen LogP contribution in [-0.2, 0) is 0 Å². The normalized spacial score (nSPS) is 11.4. The predicted octanol–water partition coefficient (Wildman–Crippen LogP) is 3.72. The standard InChI is InChI=1S/C17H10BrN7/c18-9-5-10(12-7-14-16(24-12)21-3-1-19-14)23-11(6-9)13-8-15-17(25-13)22-4-2-20-15/h1-8H,(H,21,24)(H,22,25). The maximum Gasteiger partial charge on any atom is 0.156 e. The van der Waals surface area contributed by atoms with Gasteiger partial charge in [0.1, 0.15) is 11.0 Å². The summed E-state index contributed by atoms with van der Waals surface area (Å²) in [7, 11) is 0. The molecule has 0 radical (unpaired) electrons. The first-order valence-electron chi connectivity index (χ1n) is 7.54. The van der Waals surface area contributed by atoms with Crippen LogP contribution in [0.2, 0.25) is 0 Å². The van der Waals surface area contributed by atoms with Crippen LogP contribution in [-0.4, -0.2) is 34.9 Å². The molecule has 0 saturated heterocycles. The molecule has 5 rings (SSSR count). The summed E-state index contributed by atoms with van der Waals surface area (Å²) in [5.41, 5.74) is 6.39. The number of fused-ring (bicyclic) bond motifs is 2. The topological polar surface area (TPSA) is 96.0 Å². The summed E-state index contributed by atoms with van der Waals surface area (Å²) < 4.78 is 0.923. The smallest absolute Gasteiger partial charge is 0.156 e. The van der Waals surface area contributed by atoms with Gasteiger partial charge in [-0.3, -0.25) is 9.97 Å². The van der Waals surface area contributed by atoms with Gasteiger partial charge in [0.2, 0.25) is 0 Å². The lowest BCUT2D eigenvalue weighted by molar-refractivity contribution is 1.23. The van der Waals surface area contributed by atoms with Gasteiger partial charge in [0.15, 0.2) is 11.3 Å². The molecule has 0 spiro atoms. The second kappa shape index (κ2) is 5.45. The van der Waals surface area contributed by atoms with Gasteiger partial charge in [0.25, 0.3) is 0 Å². The van der Waals surface area contributed by atoms with Crippen molar-refractivity contribution in [1.29, 1.82) is 0 Å². The number of nitrogens with zero attached hydrogens (tertiary/aromatic N) is 5. The zero-order valence-electron chi connectivity index (χ0n) is 12.7. The molecule has 0 amide bonds. The minimum atomic E-state index is 0.736. The average Bonchev–Trinajstić information content (AvgIpc) is 3.25. The van der Waals surface area contributed by atoms with Crippen LogP contribution in [0.3, 0.4) is 0 Å². The van der Waals surface area contributed by atoms with Gasteiger partial charge in [-0.25, -0.2) is 15.0 Å². The lowest BCUT2D eigenvalue weighted by Gasteiger charge is -2.03. The molecule has 0 aromatic carbocycles. The first kappa shape index (κ1) is 14.2. The lowest BCUT2D eigenvalue weighted by atomic mass is 10.2. The highest BCUT2D eigenvalue weighted by atomic mass is 79.9. The van der Waals surface area contributed by atoms with E-state index in [-0.39, 0.29) is 0 Å². The van der Waals surface area contributed by atoms with Gasteiger partial charge in [-0.15, -0.1) is 0 Å². The Bertz CT molecular complexity index is 1070. The first-order valence-corrected chi connectivity index (χ1v) is 8.33. The fourth-order valence-corrected chi connectivity index (χ4v) is 3.18. The van der Waals surface area contributed by atoms with Crippen molar-refractivity contribution in [3.63, 3.8) is 0 Å². The number of aromatic nitrogens is 7. The Morgan fingerprint density at radius 1 is 0.640 bits per heavy atom. The molecule has 0 aliphatic rings. The highest BCUT2D eigenvalue weighted by Crippen LogP contribution is 2.28. The molecule has 0 fully saturated rings. The molecule has 0 bridgehead atoms. The summed E-state index contributed by atoms with van der Waals surface area (Å²) in [6.45, 7) is 0. The SMILES string of the molecule is Brc1cc(-c2cc3nccnc3[nH]2)nc(-c2cc3nccnc3[nH]2)c1. The zero-order chi connectivity index (χ0) is 16.8. The third kappa shape index (κ3) is 2.47. The summed E-state index contributed by atoms with van der Waals surface area (Å²) in [5.74, 6) is 0. The van der Waals surface area contributed by atoms with Crippen LogP contribution in [0.1, 0.15) is 0 Å². The third-order valence-corrected chi connectivity index (χ3v) is 4.32. The van der Waals surface area contributed by atoms with E-state index >= 15 is 0 Å². The van der Waals surface area contributed by atoms with Gasteiger partial charge >= 0.3 is 0 Å². The van der Waals surface area contributed by atoms with Crippen LogP contribution in [0.5, 0.6) is 0 Å². The van der Waals surface area contributed by atoms with Crippen molar-refractivity contribution >= 4 is 38.3 Å². The van der Waals surface area contributed by atoms with Crippen LogP contribution in [0, 0.1) is 0 Å². The maximum atomic E-state index is 4.76. The number of halogens is 1. The summed E-state index contributed by atoms with van der Waals surface area (Å²) in [4.78, 5) is 28.4. The molecule has 5 aromatic rings. The summed E-state index contributed by atoms with van der Waals surface area (Å²) >= 11 is 3.56.